The minimum Gasteiger partial charge on any atom is -0.352 e. The molecule has 0 bridgehead atoms. The number of amides is 1. The second-order valence-electron chi connectivity index (χ2n) is 6.76. The Kier molecular flexibility index (Phi) is 4.88. The first-order chi connectivity index (χ1) is 13.5. The molecule has 2 aromatic carbocycles. The molecule has 0 aliphatic heterocycles. The van der Waals surface area contributed by atoms with Gasteiger partial charge in [-0.3, -0.25) is 4.79 Å². The van der Waals surface area contributed by atoms with Crippen molar-refractivity contribution in [3.05, 3.63) is 76.3 Å². The lowest BCUT2D eigenvalue weighted by Gasteiger charge is -2.08. The zero-order chi connectivity index (χ0) is 19.7. The van der Waals surface area contributed by atoms with Crippen molar-refractivity contribution < 1.29 is 4.79 Å². The van der Waals surface area contributed by atoms with Crippen LogP contribution in [0.15, 0.2) is 48.8 Å². The van der Waals surface area contributed by atoms with E-state index >= 15 is 0 Å². The fourth-order valence-corrected chi connectivity index (χ4v) is 3.29. The van der Waals surface area contributed by atoms with Crippen LogP contribution in [0.5, 0.6) is 0 Å². The van der Waals surface area contributed by atoms with E-state index in [0.29, 0.717) is 23.6 Å². The van der Waals surface area contributed by atoms with E-state index in [0.717, 1.165) is 22.5 Å². The average molecular weight is 394 g/mol. The Morgan fingerprint density at radius 3 is 2.82 bits per heavy atom. The van der Waals surface area contributed by atoms with Crippen LogP contribution in [0.25, 0.3) is 16.7 Å². The van der Waals surface area contributed by atoms with E-state index in [1.165, 1.54) is 11.1 Å². The summed E-state index contributed by atoms with van der Waals surface area (Å²) in [6.45, 7) is 4.61. The van der Waals surface area contributed by atoms with Crippen LogP contribution < -0.4 is 5.32 Å². The fraction of sp³-hybridized carbons (Fsp3) is 0.190. The zero-order valence-electron chi connectivity index (χ0n) is 15.7. The van der Waals surface area contributed by atoms with Crippen LogP contribution in [-0.4, -0.2) is 32.2 Å². The topological polar surface area (TPSA) is 75.6 Å². The maximum Gasteiger partial charge on any atom is 0.252 e. The molecule has 142 valence electrons. The first-order valence-corrected chi connectivity index (χ1v) is 9.42. The molecule has 1 amide bonds. The van der Waals surface area contributed by atoms with Gasteiger partial charge in [0.05, 0.1) is 27.3 Å². The molecule has 0 aliphatic rings. The van der Waals surface area contributed by atoms with Crippen molar-refractivity contribution >= 4 is 28.5 Å². The van der Waals surface area contributed by atoms with Gasteiger partial charge in [0.2, 0.25) is 0 Å². The van der Waals surface area contributed by atoms with E-state index in [1.807, 2.05) is 18.3 Å². The highest BCUT2D eigenvalue weighted by atomic mass is 35.5. The molecule has 0 spiro atoms. The van der Waals surface area contributed by atoms with Gasteiger partial charge in [-0.05, 0) is 61.4 Å². The molecular weight excluding hydrogens is 374 g/mol. The van der Waals surface area contributed by atoms with Gasteiger partial charge in [-0.1, -0.05) is 11.6 Å². The van der Waals surface area contributed by atoms with E-state index < -0.39 is 0 Å². The number of nitrogens with zero attached hydrogens (tertiary/aromatic N) is 3. The zero-order valence-corrected chi connectivity index (χ0v) is 16.4. The molecule has 0 saturated heterocycles. The lowest BCUT2D eigenvalue weighted by Crippen LogP contribution is -2.26. The number of nitrogens with one attached hydrogen (secondary N) is 2. The predicted octanol–water partition coefficient (Wildman–Crippen LogP) is 3.99. The summed E-state index contributed by atoms with van der Waals surface area (Å²) in [7, 11) is 0. The first-order valence-electron chi connectivity index (χ1n) is 9.05. The minimum atomic E-state index is -0.221. The summed E-state index contributed by atoms with van der Waals surface area (Å²) < 4.78 is 1.69. The highest BCUT2D eigenvalue weighted by Crippen LogP contribution is 2.20. The average Bonchev–Trinajstić information content (AvgIpc) is 3.32. The van der Waals surface area contributed by atoms with Crippen LogP contribution in [0.2, 0.25) is 5.02 Å². The highest BCUT2D eigenvalue weighted by Gasteiger charge is 2.12. The van der Waals surface area contributed by atoms with Gasteiger partial charge in [0, 0.05) is 25.4 Å². The monoisotopic (exact) mass is 393 g/mol. The standard InChI is InChI=1S/C21H20ClN5O/c1-13-10-18-19(11-14(13)2)26-20(25-18)6-8-23-21(28)16-12-15(4-5-17(16)22)27-9-3-7-24-27/h3-5,7,9-12H,6,8H2,1-2H3,(H,23,28)(H,25,26). The molecule has 2 N–H and O–H groups in total. The highest BCUT2D eigenvalue weighted by molar-refractivity contribution is 6.33. The first kappa shape index (κ1) is 18.3. The van der Waals surface area contributed by atoms with Crippen LogP contribution in [0, 0.1) is 13.8 Å². The SMILES string of the molecule is Cc1cc2nc(CCNC(=O)c3cc(-n4cccn4)ccc3Cl)[nH]c2cc1C. The number of halogens is 1. The van der Waals surface area contributed by atoms with Crippen LogP contribution in [-0.2, 0) is 6.42 Å². The van der Waals surface area contributed by atoms with Gasteiger partial charge in [-0.25, -0.2) is 9.67 Å². The summed E-state index contributed by atoms with van der Waals surface area (Å²) in [5, 5.41) is 7.50. The van der Waals surface area contributed by atoms with Gasteiger partial charge in [-0.2, -0.15) is 5.10 Å². The molecule has 2 aromatic heterocycles. The molecule has 4 rings (SSSR count). The third-order valence-electron chi connectivity index (χ3n) is 4.76. The number of imidazole rings is 1. The lowest BCUT2D eigenvalue weighted by atomic mass is 10.1. The van der Waals surface area contributed by atoms with Crippen molar-refractivity contribution in [1.82, 2.24) is 25.1 Å². The molecule has 0 aliphatic carbocycles. The van der Waals surface area contributed by atoms with E-state index in [-0.39, 0.29) is 5.91 Å². The molecule has 0 saturated carbocycles. The van der Waals surface area contributed by atoms with Crippen molar-refractivity contribution in [3.63, 3.8) is 0 Å². The molecule has 7 heteroatoms. The Bertz CT molecular complexity index is 1110. The second-order valence-corrected chi connectivity index (χ2v) is 7.16. The van der Waals surface area contributed by atoms with E-state index in [4.69, 9.17) is 11.6 Å². The maximum atomic E-state index is 12.6. The van der Waals surface area contributed by atoms with Crippen LogP contribution in [0.4, 0.5) is 0 Å². The minimum absolute atomic E-state index is 0.221. The molecule has 0 atom stereocenters. The molecule has 28 heavy (non-hydrogen) atoms. The van der Waals surface area contributed by atoms with Crippen molar-refractivity contribution in [2.24, 2.45) is 0 Å². The molecule has 6 nitrogen and oxygen atoms in total. The number of hydrogen-bond donors (Lipinski definition) is 2. The molecule has 0 unspecified atom stereocenters. The number of rotatable bonds is 5. The van der Waals surface area contributed by atoms with Crippen molar-refractivity contribution in [2.45, 2.75) is 20.3 Å². The Morgan fingerprint density at radius 2 is 2.04 bits per heavy atom. The molecule has 2 heterocycles. The van der Waals surface area contributed by atoms with Crippen LogP contribution in [0.1, 0.15) is 27.3 Å². The largest absolute Gasteiger partial charge is 0.352 e. The van der Waals surface area contributed by atoms with Crippen molar-refractivity contribution in [1.29, 1.82) is 0 Å². The normalized spacial score (nSPS) is 11.1. The van der Waals surface area contributed by atoms with Gasteiger partial charge in [-0.15, -0.1) is 0 Å². The number of fused-ring (bicyclic) bond motifs is 1. The summed E-state index contributed by atoms with van der Waals surface area (Å²) in [5.74, 6) is 0.624. The number of benzene rings is 2. The Balaban J connectivity index is 1.44. The molecule has 4 aromatic rings. The second kappa shape index (κ2) is 7.48. The maximum absolute atomic E-state index is 12.6. The summed E-state index contributed by atoms with van der Waals surface area (Å²) >= 11 is 6.22. The van der Waals surface area contributed by atoms with E-state index in [9.17, 15) is 4.79 Å². The van der Waals surface area contributed by atoms with Crippen LogP contribution in [0.3, 0.4) is 0 Å². The third-order valence-corrected chi connectivity index (χ3v) is 5.09. The summed E-state index contributed by atoms with van der Waals surface area (Å²) in [6, 6.07) is 11.3. The number of carbonyl (C=O) groups excluding carboxylic acids is 1. The Labute approximate surface area is 167 Å². The smallest absolute Gasteiger partial charge is 0.252 e. The van der Waals surface area contributed by atoms with E-state index in [1.54, 1.807) is 23.0 Å². The Morgan fingerprint density at radius 1 is 1.21 bits per heavy atom. The number of hydrogen-bond acceptors (Lipinski definition) is 3. The quantitative estimate of drug-likeness (QED) is 0.538. The van der Waals surface area contributed by atoms with Gasteiger partial charge >= 0.3 is 0 Å². The van der Waals surface area contributed by atoms with Crippen LogP contribution >= 0.6 is 11.6 Å². The number of aromatic nitrogens is 4. The van der Waals surface area contributed by atoms with Gasteiger partial charge in [0.1, 0.15) is 5.82 Å². The lowest BCUT2D eigenvalue weighted by molar-refractivity contribution is 0.0954. The van der Waals surface area contributed by atoms with E-state index in [2.05, 4.69) is 46.4 Å². The van der Waals surface area contributed by atoms with Gasteiger partial charge < -0.3 is 10.3 Å². The summed E-state index contributed by atoms with van der Waals surface area (Å²) in [6.07, 6.45) is 4.11. The van der Waals surface area contributed by atoms with Crippen molar-refractivity contribution in [3.8, 4) is 5.69 Å². The summed E-state index contributed by atoms with van der Waals surface area (Å²) in [4.78, 5) is 20.5. The molecule has 0 radical (unpaired) electrons. The predicted molar refractivity (Wildman–Crippen MR) is 110 cm³/mol. The summed E-state index contributed by atoms with van der Waals surface area (Å²) in [5.41, 5.74) is 5.60. The van der Waals surface area contributed by atoms with Gasteiger partial charge in [0.25, 0.3) is 5.91 Å². The van der Waals surface area contributed by atoms with Crippen molar-refractivity contribution in [2.75, 3.05) is 6.54 Å². The third kappa shape index (κ3) is 3.64. The molecule has 0 fully saturated rings. The fourth-order valence-electron chi connectivity index (χ4n) is 3.08. The Hall–Kier alpha value is -3.12. The van der Waals surface area contributed by atoms with Gasteiger partial charge in [0.15, 0.2) is 0 Å². The number of carbonyl (C=O) groups is 1. The number of aromatic amines is 1. The number of H-pyrrole nitrogens is 1. The molecular formula is C21H20ClN5O. The number of aryl methyl sites for hydroxylation is 2.